The third-order valence-corrected chi connectivity index (χ3v) is 4.95. The third-order valence-electron chi connectivity index (χ3n) is 4.95. The lowest BCUT2D eigenvalue weighted by molar-refractivity contribution is -0.143. The zero-order chi connectivity index (χ0) is 17.0. The van der Waals surface area contributed by atoms with Gasteiger partial charge >= 0.3 is 12.2 Å². The van der Waals surface area contributed by atoms with E-state index in [1.165, 1.54) is 4.90 Å². The van der Waals surface area contributed by atoms with Gasteiger partial charge in [0, 0.05) is 38.8 Å². The quantitative estimate of drug-likeness (QED) is 0.823. The van der Waals surface area contributed by atoms with Crippen molar-refractivity contribution < 1.29 is 23.1 Å². The van der Waals surface area contributed by atoms with Crippen LogP contribution < -0.4 is 5.32 Å². The molecule has 1 saturated carbocycles. The minimum Gasteiger partial charge on any atom is -0.396 e. The molecule has 23 heavy (non-hydrogen) atoms. The first-order valence-electron chi connectivity index (χ1n) is 8.21. The van der Waals surface area contributed by atoms with Gasteiger partial charge in [-0.25, -0.2) is 4.79 Å². The van der Waals surface area contributed by atoms with E-state index in [1.54, 1.807) is 11.9 Å². The molecule has 0 aromatic heterocycles. The number of halogens is 3. The molecule has 8 heteroatoms. The number of amides is 2. The molecule has 1 saturated heterocycles. The molecule has 2 rings (SSSR count). The normalized spacial score (nSPS) is 29.5. The first kappa shape index (κ1) is 18.3. The Morgan fingerprint density at radius 2 is 1.91 bits per heavy atom. The van der Waals surface area contributed by atoms with Crippen molar-refractivity contribution in [2.24, 2.45) is 5.92 Å². The summed E-state index contributed by atoms with van der Waals surface area (Å²) in [4.78, 5) is 15.3. The Balaban J connectivity index is 1.74. The largest absolute Gasteiger partial charge is 0.401 e. The predicted molar refractivity (Wildman–Crippen MR) is 80.0 cm³/mol. The average molecular weight is 337 g/mol. The van der Waals surface area contributed by atoms with Crippen molar-refractivity contribution >= 4 is 6.03 Å². The van der Waals surface area contributed by atoms with Gasteiger partial charge in [0.25, 0.3) is 0 Å². The zero-order valence-electron chi connectivity index (χ0n) is 13.5. The first-order valence-corrected chi connectivity index (χ1v) is 8.21. The van der Waals surface area contributed by atoms with E-state index in [-0.39, 0.29) is 31.3 Å². The van der Waals surface area contributed by atoms with Crippen molar-refractivity contribution in [1.82, 2.24) is 15.1 Å². The number of aliphatic hydroxyl groups excluding tert-OH is 1. The number of nitrogens with one attached hydrogen (secondary N) is 1. The van der Waals surface area contributed by atoms with Crippen molar-refractivity contribution in [3.63, 3.8) is 0 Å². The van der Waals surface area contributed by atoms with Crippen LogP contribution in [-0.2, 0) is 0 Å². The third kappa shape index (κ3) is 5.53. The van der Waals surface area contributed by atoms with Crippen LogP contribution in [0.4, 0.5) is 18.0 Å². The van der Waals surface area contributed by atoms with Gasteiger partial charge in [-0.3, -0.25) is 4.90 Å². The molecule has 0 aromatic carbocycles. The Hall–Kier alpha value is -1.02. The number of rotatable bonds is 4. The number of hydrogen-bond acceptors (Lipinski definition) is 3. The number of nitrogens with zero attached hydrogens (tertiary/aromatic N) is 2. The second-order valence-electron chi connectivity index (χ2n) is 6.75. The fraction of sp³-hybridized carbons (Fsp3) is 0.933. The lowest BCUT2D eigenvalue weighted by Crippen LogP contribution is -2.49. The van der Waals surface area contributed by atoms with Crippen molar-refractivity contribution in [3.05, 3.63) is 0 Å². The van der Waals surface area contributed by atoms with E-state index in [1.807, 2.05) is 0 Å². The molecule has 0 bridgehead atoms. The monoisotopic (exact) mass is 337 g/mol. The van der Waals surface area contributed by atoms with Crippen LogP contribution in [0.1, 0.15) is 32.1 Å². The fourth-order valence-corrected chi connectivity index (χ4v) is 3.50. The maximum Gasteiger partial charge on any atom is 0.401 e. The number of urea groups is 1. The van der Waals surface area contributed by atoms with Crippen molar-refractivity contribution in [1.29, 1.82) is 0 Å². The van der Waals surface area contributed by atoms with Gasteiger partial charge in [-0.1, -0.05) is 0 Å². The number of hydrogen-bond donors (Lipinski definition) is 2. The van der Waals surface area contributed by atoms with Crippen LogP contribution in [0.2, 0.25) is 0 Å². The molecule has 134 valence electrons. The molecule has 1 atom stereocenters. The lowest BCUT2D eigenvalue weighted by atomic mass is 9.86. The minimum atomic E-state index is -4.19. The van der Waals surface area contributed by atoms with E-state index in [9.17, 15) is 18.0 Å². The summed E-state index contributed by atoms with van der Waals surface area (Å²) in [5, 5.41) is 12.0. The first-order chi connectivity index (χ1) is 10.8. The van der Waals surface area contributed by atoms with E-state index in [2.05, 4.69) is 5.32 Å². The van der Waals surface area contributed by atoms with Crippen LogP contribution in [-0.4, -0.2) is 72.5 Å². The molecule has 0 aromatic rings. The highest BCUT2D eigenvalue weighted by atomic mass is 19.4. The van der Waals surface area contributed by atoms with Gasteiger partial charge in [0.05, 0.1) is 6.54 Å². The molecule has 2 N–H and O–H groups in total. The van der Waals surface area contributed by atoms with Gasteiger partial charge < -0.3 is 15.3 Å². The summed E-state index contributed by atoms with van der Waals surface area (Å²) in [6.45, 7) is -0.119. The number of alkyl halides is 3. The summed E-state index contributed by atoms with van der Waals surface area (Å²) in [5.41, 5.74) is 0. The van der Waals surface area contributed by atoms with E-state index in [0.717, 1.165) is 25.7 Å². The van der Waals surface area contributed by atoms with Crippen LogP contribution in [0.15, 0.2) is 0 Å². The van der Waals surface area contributed by atoms with E-state index < -0.39 is 12.7 Å². The molecule has 5 nitrogen and oxygen atoms in total. The highest BCUT2D eigenvalue weighted by Gasteiger charge is 2.35. The molecular weight excluding hydrogens is 311 g/mol. The summed E-state index contributed by atoms with van der Waals surface area (Å²) in [6.07, 6.45) is -0.114. The summed E-state index contributed by atoms with van der Waals surface area (Å²) in [5.74, 6) is 0.327. The molecule has 2 aliphatic rings. The molecule has 0 radical (unpaired) electrons. The highest BCUT2D eigenvalue weighted by Crippen LogP contribution is 2.27. The Kier molecular flexibility index (Phi) is 6.13. The van der Waals surface area contributed by atoms with Gasteiger partial charge in [-0.2, -0.15) is 13.2 Å². The number of carbonyl (C=O) groups is 1. The van der Waals surface area contributed by atoms with Gasteiger partial charge in [0.1, 0.15) is 0 Å². The molecular formula is C15H26F3N3O2. The Bertz CT molecular complexity index is 398. The predicted octanol–water partition coefficient (Wildman–Crippen LogP) is 1.82. The van der Waals surface area contributed by atoms with Crippen molar-refractivity contribution in [3.8, 4) is 0 Å². The Morgan fingerprint density at radius 3 is 2.48 bits per heavy atom. The topological polar surface area (TPSA) is 55.8 Å². The number of likely N-dealkylation sites (tertiary alicyclic amines) is 1. The summed E-state index contributed by atoms with van der Waals surface area (Å²) < 4.78 is 37.1. The summed E-state index contributed by atoms with van der Waals surface area (Å²) in [7, 11) is 1.74. The van der Waals surface area contributed by atoms with Crippen molar-refractivity contribution in [2.45, 2.75) is 50.4 Å². The molecule has 1 aliphatic carbocycles. The van der Waals surface area contributed by atoms with E-state index in [0.29, 0.717) is 18.9 Å². The molecule has 0 spiro atoms. The van der Waals surface area contributed by atoms with Crippen LogP contribution >= 0.6 is 0 Å². The van der Waals surface area contributed by atoms with Gasteiger partial charge in [-0.05, 0) is 38.0 Å². The number of aliphatic hydroxyl groups is 1. The second kappa shape index (κ2) is 7.70. The molecule has 1 aliphatic heterocycles. The average Bonchev–Trinajstić information content (AvgIpc) is 2.91. The maximum atomic E-state index is 12.4. The SMILES string of the molecule is CN(C(=O)NC1CCN(CC(F)(F)F)C1)C1CCC(CO)CC1. The number of carbonyl (C=O) groups excluding carboxylic acids is 1. The highest BCUT2D eigenvalue weighted by molar-refractivity contribution is 5.74. The minimum absolute atomic E-state index is 0.144. The standard InChI is InChI=1S/C15H26F3N3O2/c1-20(13-4-2-11(9-22)3-5-13)14(23)19-12-6-7-21(8-12)10-15(16,17)18/h11-13,22H,2-10H2,1H3,(H,19,23). The molecule has 1 heterocycles. The van der Waals surface area contributed by atoms with Gasteiger partial charge in [-0.15, -0.1) is 0 Å². The Morgan fingerprint density at radius 1 is 1.26 bits per heavy atom. The van der Waals surface area contributed by atoms with Crippen molar-refractivity contribution in [2.75, 3.05) is 33.3 Å². The summed E-state index contributed by atoms with van der Waals surface area (Å²) in [6, 6.07) is -0.289. The van der Waals surface area contributed by atoms with Gasteiger partial charge in [0.2, 0.25) is 0 Å². The van der Waals surface area contributed by atoms with Crippen LogP contribution in [0.5, 0.6) is 0 Å². The maximum absolute atomic E-state index is 12.4. The Labute approximate surface area is 134 Å². The van der Waals surface area contributed by atoms with E-state index >= 15 is 0 Å². The molecule has 1 unspecified atom stereocenters. The van der Waals surface area contributed by atoms with Crippen LogP contribution in [0.3, 0.4) is 0 Å². The van der Waals surface area contributed by atoms with Crippen LogP contribution in [0, 0.1) is 5.92 Å². The molecule has 2 fully saturated rings. The lowest BCUT2D eigenvalue weighted by Gasteiger charge is -2.34. The van der Waals surface area contributed by atoms with Gasteiger partial charge in [0.15, 0.2) is 0 Å². The summed E-state index contributed by atoms with van der Waals surface area (Å²) >= 11 is 0. The molecule has 2 amide bonds. The fourth-order valence-electron chi connectivity index (χ4n) is 3.50. The smallest absolute Gasteiger partial charge is 0.396 e. The second-order valence-corrected chi connectivity index (χ2v) is 6.75. The zero-order valence-corrected chi connectivity index (χ0v) is 13.5. The van der Waals surface area contributed by atoms with E-state index in [4.69, 9.17) is 5.11 Å². The van der Waals surface area contributed by atoms with Crippen LogP contribution in [0.25, 0.3) is 0 Å².